The van der Waals surface area contributed by atoms with Crippen molar-refractivity contribution >= 4 is 5.91 Å². The zero-order valence-electron chi connectivity index (χ0n) is 20.7. The molecule has 37 heavy (non-hydrogen) atoms. The minimum Gasteiger partial charge on any atom is -0.497 e. The van der Waals surface area contributed by atoms with E-state index in [4.69, 9.17) is 14.6 Å². The Kier molecular flexibility index (Phi) is 6.67. The lowest BCUT2D eigenvalue weighted by Gasteiger charge is -2.15. The summed E-state index contributed by atoms with van der Waals surface area (Å²) in [6.07, 6.45) is 4.87. The summed E-state index contributed by atoms with van der Waals surface area (Å²) in [5.74, 6) is 0.962. The third-order valence-electron chi connectivity index (χ3n) is 6.07. The zero-order valence-corrected chi connectivity index (χ0v) is 20.7. The second-order valence-corrected chi connectivity index (χ2v) is 8.36. The van der Waals surface area contributed by atoms with Crippen molar-refractivity contribution in [3.05, 3.63) is 103 Å². The molecule has 0 radical (unpaired) electrons. The number of hydrogen-bond donors (Lipinski definition) is 1. The molecule has 0 spiro atoms. The van der Waals surface area contributed by atoms with Gasteiger partial charge in [0.1, 0.15) is 29.8 Å². The Labute approximate surface area is 214 Å². The molecular weight excluding hydrogens is 468 g/mol. The van der Waals surface area contributed by atoms with Crippen LogP contribution in [0.1, 0.15) is 28.9 Å². The van der Waals surface area contributed by atoms with Crippen molar-refractivity contribution in [3.8, 4) is 34.1 Å². The third-order valence-corrected chi connectivity index (χ3v) is 6.07. The Morgan fingerprint density at radius 3 is 2.35 bits per heavy atom. The number of ether oxygens (including phenoxy) is 2. The molecule has 1 unspecified atom stereocenters. The number of benzene rings is 3. The van der Waals surface area contributed by atoms with Gasteiger partial charge in [0, 0.05) is 17.8 Å². The molecule has 2 heterocycles. The zero-order chi connectivity index (χ0) is 25.8. The third kappa shape index (κ3) is 4.92. The number of nitrogens with one attached hydrogen (secondary N) is 1. The second kappa shape index (κ2) is 10.4. The fourth-order valence-electron chi connectivity index (χ4n) is 4.06. The summed E-state index contributed by atoms with van der Waals surface area (Å²) in [5.41, 5.74) is 4.31. The van der Waals surface area contributed by atoms with E-state index in [2.05, 4.69) is 15.4 Å². The fraction of sp³-hybridized carbons (Fsp3) is 0.143. The highest BCUT2D eigenvalue weighted by atomic mass is 16.5. The first-order chi connectivity index (χ1) is 18.1. The van der Waals surface area contributed by atoms with E-state index >= 15 is 0 Å². The quantitative estimate of drug-likeness (QED) is 0.338. The molecule has 0 aliphatic carbocycles. The highest BCUT2D eigenvalue weighted by Crippen LogP contribution is 2.35. The minimum absolute atomic E-state index is 0.247. The van der Waals surface area contributed by atoms with Crippen LogP contribution in [0.5, 0.6) is 11.5 Å². The van der Waals surface area contributed by atoms with Crippen LogP contribution in [0.4, 0.5) is 0 Å². The molecule has 0 fully saturated rings. The molecule has 9 nitrogen and oxygen atoms in total. The number of methoxy groups -OCH3 is 2. The van der Waals surface area contributed by atoms with E-state index in [0.717, 1.165) is 16.9 Å². The minimum atomic E-state index is -0.247. The maximum atomic E-state index is 13.6. The molecule has 1 amide bonds. The molecule has 0 aliphatic rings. The molecular formula is C28H26N6O3. The average molecular weight is 495 g/mol. The van der Waals surface area contributed by atoms with Gasteiger partial charge >= 0.3 is 0 Å². The smallest absolute Gasteiger partial charge is 0.255 e. The molecule has 0 saturated heterocycles. The van der Waals surface area contributed by atoms with Crippen LogP contribution in [-0.4, -0.2) is 44.7 Å². The van der Waals surface area contributed by atoms with Crippen molar-refractivity contribution in [1.29, 1.82) is 0 Å². The second-order valence-electron chi connectivity index (χ2n) is 8.36. The van der Waals surface area contributed by atoms with Gasteiger partial charge in [-0.1, -0.05) is 30.3 Å². The maximum Gasteiger partial charge on any atom is 0.255 e. The van der Waals surface area contributed by atoms with Crippen LogP contribution in [0.15, 0.2) is 91.6 Å². The van der Waals surface area contributed by atoms with Gasteiger partial charge in [-0.05, 0) is 48.9 Å². The number of nitrogens with zero attached hydrogens (tertiary/aromatic N) is 5. The average Bonchev–Trinajstić information content (AvgIpc) is 3.64. The van der Waals surface area contributed by atoms with Gasteiger partial charge < -0.3 is 14.8 Å². The van der Waals surface area contributed by atoms with E-state index in [0.29, 0.717) is 28.3 Å². The summed E-state index contributed by atoms with van der Waals surface area (Å²) < 4.78 is 14.3. The molecule has 9 heteroatoms. The molecule has 1 atom stereocenters. The number of rotatable bonds is 8. The predicted octanol–water partition coefficient (Wildman–Crippen LogP) is 4.63. The summed E-state index contributed by atoms with van der Waals surface area (Å²) in [6, 6.07) is 22.6. The van der Waals surface area contributed by atoms with E-state index in [1.807, 2.05) is 73.7 Å². The molecule has 0 aliphatic heterocycles. The van der Waals surface area contributed by atoms with Crippen molar-refractivity contribution in [2.45, 2.75) is 13.0 Å². The summed E-state index contributed by atoms with van der Waals surface area (Å²) in [5, 5.41) is 12.0. The van der Waals surface area contributed by atoms with E-state index < -0.39 is 0 Å². The highest BCUT2D eigenvalue weighted by molar-refractivity contribution is 6.00. The first-order valence-corrected chi connectivity index (χ1v) is 11.7. The number of carbonyl (C=O) groups is 1. The van der Waals surface area contributed by atoms with Crippen LogP contribution in [0.3, 0.4) is 0 Å². The van der Waals surface area contributed by atoms with Crippen LogP contribution in [0.25, 0.3) is 22.6 Å². The van der Waals surface area contributed by atoms with Crippen molar-refractivity contribution in [2.24, 2.45) is 0 Å². The van der Waals surface area contributed by atoms with Gasteiger partial charge in [-0.3, -0.25) is 4.79 Å². The largest absolute Gasteiger partial charge is 0.497 e. The summed E-state index contributed by atoms with van der Waals surface area (Å²) in [7, 11) is 3.18. The fourth-order valence-corrected chi connectivity index (χ4v) is 4.06. The number of carbonyl (C=O) groups excluding carboxylic acids is 1. The van der Waals surface area contributed by atoms with Gasteiger partial charge in [-0.15, -0.1) is 0 Å². The molecule has 0 bridgehead atoms. The van der Waals surface area contributed by atoms with Crippen molar-refractivity contribution in [3.63, 3.8) is 0 Å². The lowest BCUT2D eigenvalue weighted by molar-refractivity contribution is 0.0940. The Balaban J connectivity index is 1.47. The number of amides is 1. The summed E-state index contributed by atoms with van der Waals surface area (Å²) in [6.45, 7) is 1.94. The number of para-hydroxylation sites is 1. The Hall–Kier alpha value is -4.92. The molecule has 1 N–H and O–H groups in total. The first-order valence-electron chi connectivity index (χ1n) is 11.7. The van der Waals surface area contributed by atoms with Crippen LogP contribution in [0.2, 0.25) is 0 Å². The number of hydrogen-bond acceptors (Lipinski definition) is 6. The first kappa shape index (κ1) is 23.8. The standard InChI is InChI=1S/C28H26N6O3/c1-19(20-9-11-22(12-10-20)34-18-29-17-30-34)31-28(35)25-16-33(21-7-5-4-6-8-21)32-27(25)24-14-13-23(36-2)15-26(24)37-3/h4-19H,1-3H3,(H,31,35). The lowest BCUT2D eigenvalue weighted by Crippen LogP contribution is -2.26. The molecule has 186 valence electrons. The van der Waals surface area contributed by atoms with Gasteiger partial charge in [-0.25, -0.2) is 14.3 Å². The highest BCUT2D eigenvalue weighted by Gasteiger charge is 2.23. The van der Waals surface area contributed by atoms with Gasteiger partial charge in [-0.2, -0.15) is 10.2 Å². The Morgan fingerprint density at radius 1 is 0.919 bits per heavy atom. The normalized spacial score (nSPS) is 11.6. The molecule has 5 rings (SSSR count). The Morgan fingerprint density at radius 2 is 1.68 bits per heavy atom. The molecule has 3 aromatic carbocycles. The topological polar surface area (TPSA) is 96.1 Å². The summed E-state index contributed by atoms with van der Waals surface area (Å²) >= 11 is 0. The molecule has 0 saturated carbocycles. The van der Waals surface area contributed by atoms with Gasteiger partial charge in [0.15, 0.2) is 0 Å². The lowest BCUT2D eigenvalue weighted by atomic mass is 10.0. The van der Waals surface area contributed by atoms with Crippen LogP contribution >= 0.6 is 0 Å². The van der Waals surface area contributed by atoms with Crippen LogP contribution in [-0.2, 0) is 0 Å². The summed E-state index contributed by atoms with van der Waals surface area (Å²) in [4.78, 5) is 17.6. The predicted molar refractivity (Wildman–Crippen MR) is 139 cm³/mol. The van der Waals surface area contributed by atoms with E-state index in [1.54, 1.807) is 42.2 Å². The van der Waals surface area contributed by atoms with Crippen molar-refractivity contribution in [1.82, 2.24) is 29.9 Å². The van der Waals surface area contributed by atoms with Crippen molar-refractivity contribution < 1.29 is 14.3 Å². The van der Waals surface area contributed by atoms with Gasteiger partial charge in [0.2, 0.25) is 0 Å². The van der Waals surface area contributed by atoms with Crippen molar-refractivity contribution in [2.75, 3.05) is 14.2 Å². The van der Waals surface area contributed by atoms with E-state index in [1.165, 1.54) is 6.33 Å². The molecule has 5 aromatic rings. The van der Waals surface area contributed by atoms with Gasteiger partial charge in [0.05, 0.1) is 37.2 Å². The SMILES string of the molecule is COc1ccc(-c2nn(-c3ccccc3)cc2C(=O)NC(C)c2ccc(-n3cncn3)cc2)c(OC)c1. The van der Waals surface area contributed by atoms with Gasteiger partial charge in [0.25, 0.3) is 5.91 Å². The monoisotopic (exact) mass is 494 g/mol. The molecule has 2 aromatic heterocycles. The van der Waals surface area contributed by atoms with Crippen LogP contribution < -0.4 is 14.8 Å². The maximum absolute atomic E-state index is 13.6. The van der Waals surface area contributed by atoms with Crippen LogP contribution in [0, 0.1) is 0 Å². The number of aromatic nitrogens is 5. The van der Waals surface area contributed by atoms with E-state index in [-0.39, 0.29) is 11.9 Å². The van der Waals surface area contributed by atoms with E-state index in [9.17, 15) is 4.79 Å². The Bertz CT molecular complexity index is 1500.